The van der Waals surface area contributed by atoms with Gasteiger partial charge in [0.2, 0.25) is 0 Å². The lowest BCUT2D eigenvalue weighted by atomic mass is 10.2. The quantitative estimate of drug-likeness (QED) is 0.784. The molecule has 2 rings (SSSR count). The summed E-state index contributed by atoms with van der Waals surface area (Å²) in [5.41, 5.74) is 0.484. The second kappa shape index (κ2) is 4.58. The number of hydrogen-bond donors (Lipinski definition) is 1. The number of hydrogen-bond acceptors (Lipinski definition) is 3. The van der Waals surface area contributed by atoms with Crippen molar-refractivity contribution in [2.24, 2.45) is 7.05 Å². The number of carboxylic acids is 1. The molecule has 0 bridgehead atoms. The van der Waals surface area contributed by atoms with Crippen LogP contribution in [0.25, 0.3) is 0 Å². The summed E-state index contributed by atoms with van der Waals surface area (Å²) >= 11 is 0. The summed E-state index contributed by atoms with van der Waals surface area (Å²) in [5, 5.41) is 9.04. The molecule has 1 saturated heterocycles. The number of aliphatic carboxylic acids is 1. The van der Waals surface area contributed by atoms with Crippen LogP contribution < -0.4 is 0 Å². The van der Waals surface area contributed by atoms with E-state index in [1.807, 2.05) is 0 Å². The highest BCUT2D eigenvalue weighted by Gasteiger charge is 2.33. The summed E-state index contributed by atoms with van der Waals surface area (Å²) < 4.78 is 6.77. The molecule has 1 N–H and O–H groups in total. The lowest BCUT2D eigenvalue weighted by Crippen LogP contribution is -2.52. The van der Waals surface area contributed by atoms with E-state index < -0.39 is 12.0 Å². The second-order valence-corrected chi connectivity index (χ2v) is 3.93. The van der Waals surface area contributed by atoms with Crippen LogP contribution in [0.15, 0.2) is 18.3 Å². The highest BCUT2D eigenvalue weighted by atomic mass is 16.5. The molecule has 6 nitrogen and oxygen atoms in total. The van der Waals surface area contributed by atoms with Crippen molar-refractivity contribution in [2.75, 3.05) is 19.8 Å². The maximum Gasteiger partial charge on any atom is 0.328 e. The third-order valence-electron chi connectivity index (χ3n) is 2.84. The van der Waals surface area contributed by atoms with Crippen LogP contribution in [-0.2, 0) is 16.6 Å². The highest BCUT2D eigenvalue weighted by molar-refractivity contribution is 5.95. The van der Waals surface area contributed by atoms with Crippen molar-refractivity contribution in [3.63, 3.8) is 0 Å². The molecule has 1 aromatic rings. The van der Waals surface area contributed by atoms with Crippen LogP contribution in [0.3, 0.4) is 0 Å². The molecule has 1 atom stereocenters. The van der Waals surface area contributed by atoms with E-state index in [0.29, 0.717) is 18.8 Å². The van der Waals surface area contributed by atoms with E-state index >= 15 is 0 Å². The summed E-state index contributed by atoms with van der Waals surface area (Å²) in [6.45, 7) is 0.729. The first-order chi connectivity index (χ1) is 8.11. The van der Waals surface area contributed by atoms with Gasteiger partial charge in [-0.25, -0.2) is 4.79 Å². The van der Waals surface area contributed by atoms with E-state index in [1.165, 1.54) is 4.90 Å². The van der Waals surface area contributed by atoms with Crippen LogP contribution in [0.2, 0.25) is 0 Å². The van der Waals surface area contributed by atoms with Gasteiger partial charge < -0.3 is 19.3 Å². The third-order valence-corrected chi connectivity index (χ3v) is 2.84. The Morgan fingerprint density at radius 2 is 2.29 bits per heavy atom. The highest BCUT2D eigenvalue weighted by Crippen LogP contribution is 2.13. The Labute approximate surface area is 98.4 Å². The lowest BCUT2D eigenvalue weighted by molar-refractivity contribution is -0.147. The lowest BCUT2D eigenvalue weighted by Gasteiger charge is -2.32. The van der Waals surface area contributed by atoms with Gasteiger partial charge in [-0.1, -0.05) is 0 Å². The fourth-order valence-electron chi connectivity index (χ4n) is 1.88. The van der Waals surface area contributed by atoms with Crippen LogP contribution in [0, 0.1) is 0 Å². The van der Waals surface area contributed by atoms with Crippen molar-refractivity contribution in [2.45, 2.75) is 6.04 Å². The molecule has 1 aliphatic heterocycles. The second-order valence-electron chi connectivity index (χ2n) is 3.93. The summed E-state index contributed by atoms with van der Waals surface area (Å²) in [6, 6.07) is 2.53. The molecule has 0 spiro atoms. The Kier molecular flexibility index (Phi) is 3.14. The zero-order valence-electron chi connectivity index (χ0n) is 9.50. The summed E-state index contributed by atoms with van der Waals surface area (Å²) in [5.74, 6) is -1.31. The van der Waals surface area contributed by atoms with Gasteiger partial charge in [-0.05, 0) is 12.1 Å². The smallest absolute Gasteiger partial charge is 0.328 e. The summed E-state index contributed by atoms with van der Waals surface area (Å²) in [6.07, 6.45) is 1.75. The van der Waals surface area contributed by atoms with Crippen molar-refractivity contribution in [1.29, 1.82) is 0 Å². The average Bonchev–Trinajstić information content (AvgIpc) is 2.74. The molecule has 1 amide bonds. The van der Waals surface area contributed by atoms with Gasteiger partial charge in [0, 0.05) is 19.8 Å². The molecule has 92 valence electrons. The van der Waals surface area contributed by atoms with Gasteiger partial charge in [0.25, 0.3) is 5.91 Å². The molecule has 0 radical (unpaired) electrons. The number of morpholine rings is 1. The number of aryl methyl sites for hydroxylation is 1. The van der Waals surface area contributed by atoms with E-state index in [4.69, 9.17) is 9.84 Å². The van der Waals surface area contributed by atoms with Crippen molar-refractivity contribution in [3.8, 4) is 0 Å². The Morgan fingerprint density at radius 3 is 2.88 bits per heavy atom. The van der Waals surface area contributed by atoms with Crippen molar-refractivity contribution >= 4 is 11.9 Å². The minimum Gasteiger partial charge on any atom is -0.480 e. The molecule has 1 unspecified atom stereocenters. The Morgan fingerprint density at radius 1 is 1.53 bits per heavy atom. The predicted octanol–water partition coefficient (Wildman–Crippen LogP) is -0.0493. The summed E-state index contributed by atoms with van der Waals surface area (Å²) in [7, 11) is 1.75. The normalized spacial score (nSPS) is 20.3. The summed E-state index contributed by atoms with van der Waals surface area (Å²) in [4.78, 5) is 24.6. The first-order valence-electron chi connectivity index (χ1n) is 5.34. The van der Waals surface area contributed by atoms with E-state index in [1.54, 1.807) is 29.9 Å². The number of ether oxygens (including phenoxy) is 1. The molecule has 0 aliphatic carbocycles. The fraction of sp³-hybridized carbons (Fsp3) is 0.455. The molecule has 1 fully saturated rings. The molecule has 0 aromatic carbocycles. The molecule has 1 aromatic heterocycles. The van der Waals surface area contributed by atoms with Crippen LogP contribution in [-0.4, -0.2) is 52.3 Å². The zero-order chi connectivity index (χ0) is 12.4. The molecule has 0 saturated carbocycles. The van der Waals surface area contributed by atoms with Gasteiger partial charge in [0.05, 0.1) is 13.2 Å². The van der Waals surface area contributed by atoms with E-state index in [0.717, 1.165) is 0 Å². The topological polar surface area (TPSA) is 71.8 Å². The number of amides is 1. The number of carboxylic acid groups (broad SMARTS) is 1. The van der Waals surface area contributed by atoms with Gasteiger partial charge in [-0.3, -0.25) is 4.79 Å². The number of aromatic nitrogens is 1. The first kappa shape index (κ1) is 11.7. The van der Waals surface area contributed by atoms with Gasteiger partial charge in [-0.15, -0.1) is 0 Å². The Hall–Kier alpha value is -1.82. The van der Waals surface area contributed by atoms with Gasteiger partial charge in [0.1, 0.15) is 5.69 Å². The molecular weight excluding hydrogens is 224 g/mol. The predicted molar refractivity (Wildman–Crippen MR) is 58.7 cm³/mol. The molecular formula is C11H14N2O4. The standard InChI is InChI=1S/C11H14N2O4/c1-12-4-2-3-8(12)10(14)13-5-6-17-7-9(13)11(15)16/h2-4,9H,5-7H2,1H3,(H,15,16). The number of carbonyl (C=O) groups excluding carboxylic acids is 1. The minimum atomic E-state index is -1.03. The van der Waals surface area contributed by atoms with Gasteiger partial charge >= 0.3 is 5.97 Å². The van der Waals surface area contributed by atoms with Crippen molar-refractivity contribution in [1.82, 2.24) is 9.47 Å². The Balaban J connectivity index is 2.23. The maximum absolute atomic E-state index is 12.2. The van der Waals surface area contributed by atoms with E-state index in [-0.39, 0.29) is 12.5 Å². The Bertz CT molecular complexity index is 440. The van der Waals surface area contributed by atoms with Crippen LogP contribution in [0.1, 0.15) is 10.5 Å². The van der Waals surface area contributed by atoms with Gasteiger partial charge in [0.15, 0.2) is 6.04 Å². The monoisotopic (exact) mass is 238 g/mol. The molecule has 2 heterocycles. The zero-order valence-corrected chi connectivity index (χ0v) is 9.50. The number of carbonyl (C=O) groups is 2. The van der Waals surface area contributed by atoms with Crippen LogP contribution >= 0.6 is 0 Å². The maximum atomic E-state index is 12.2. The van der Waals surface area contributed by atoms with E-state index in [9.17, 15) is 9.59 Å². The SMILES string of the molecule is Cn1cccc1C(=O)N1CCOCC1C(=O)O. The minimum absolute atomic E-state index is 0.0471. The van der Waals surface area contributed by atoms with Crippen molar-refractivity contribution in [3.05, 3.63) is 24.0 Å². The molecule has 17 heavy (non-hydrogen) atoms. The molecule has 1 aliphatic rings. The fourth-order valence-corrected chi connectivity index (χ4v) is 1.88. The largest absolute Gasteiger partial charge is 0.480 e. The van der Waals surface area contributed by atoms with E-state index in [2.05, 4.69) is 0 Å². The third kappa shape index (κ3) is 2.16. The van der Waals surface area contributed by atoms with Crippen LogP contribution in [0.5, 0.6) is 0 Å². The number of rotatable bonds is 2. The first-order valence-corrected chi connectivity index (χ1v) is 5.34. The number of nitrogens with zero attached hydrogens (tertiary/aromatic N) is 2. The van der Waals surface area contributed by atoms with Crippen LogP contribution in [0.4, 0.5) is 0 Å². The molecule has 6 heteroatoms. The average molecular weight is 238 g/mol. The van der Waals surface area contributed by atoms with Crippen molar-refractivity contribution < 1.29 is 19.4 Å². The van der Waals surface area contributed by atoms with Gasteiger partial charge in [-0.2, -0.15) is 0 Å².